The van der Waals surface area contributed by atoms with E-state index in [1.165, 1.54) is 6.07 Å². The van der Waals surface area contributed by atoms with Gasteiger partial charge in [0.15, 0.2) is 11.9 Å². The molecule has 1 aromatic heterocycles. The lowest BCUT2D eigenvalue weighted by atomic mass is 10.2. The molecule has 0 saturated heterocycles. The van der Waals surface area contributed by atoms with Crippen molar-refractivity contribution in [2.45, 2.75) is 25.4 Å². The van der Waals surface area contributed by atoms with Crippen molar-refractivity contribution < 1.29 is 13.9 Å². The van der Waals surface area contributed by atoms with Crippen LogP contribution in [0.1, 0.15) is 19.3 Å². The molecule has 92 valence electrons. The van der Waals surface area contributed by atoms with E-state index in [0.29, 0.717) is 17.8 Å². The van der Waals surface area contributed by atoms with Crippen LogP contribution in [0.5, 0.6) is 5.75 Å². The lowest BCUT2D eigenvalue weighted by Gasteiger charge is -2.11. The summed E-state index contributed by atoms with van der Waals surface area (Å²) in [5, 5.41) is 0.833. The molecule has 18 heavy (non-hydrogen) atoms. The summed E-state index contributed by atoms with van der Waals surface area (Å²) in [5.74, 6) is 0.710. The van der Waals surface area contributed by atoms with Crippen LogP contribution in [-0.4, -0.2) is 11.9 Å². The van der Waals surface area contributed by atoms with Crippen molar-refractivity contribution in [3.8, 4) is 5.75 Å². The second-order valence-electron chi connectivity index (χ2n) is 4.42. The summed E-state index contributed by atoms with van der Waals surface area (Å²) in [6.07, 6.45) is 1.88. The minimum atomic E-state index is -0.392. The Balaban J connectivity index is 1.93. The minimum Gasteiger partial charge on any atom is -0.483 e. The van der Waals surface area contributed by atoms with Crippen molar-refractivity contribution in [2.75, 3.05) is 0 Å². The second kappa shape index (κ2) is 4.29. The van der Waals surface area contributed by atoms with E-state index in [2.05, 4.69) is 0 Å². The number of benzene rings is 1. The molecule has 0 unspecified atom stereocenters. The Morgan fingerprint density at radius 3 is 2.78 bits per heavy atom. The van der Waals surface area contributed by atoms with E-state index in [4.69, 9.17) is 9.15 Å². The number of ketones is 1. The van der Waals surface area contributed by atoms with Gasteiger partial charge in [-0.1, -0.05) is 0 Å². The van der Waals surface area contributed by atoms with Crippen LogP contribution in [0.2, 0.25) is 0 Å². The third-order valence-electron chi connectivity index (χ3n) is 3.12. The highest BCUT2D eigenvalue weighted by molar-refractivity contribution is 5.85. The normalized spacial score (nSPS) is 19.3. The topological polar surface area (TPSA) is 56.5 Å². The van der Waals surface area contributed by atoms with Crippen LogP contribution in [0.3, 0.4) is 0 Å². The van der Waals surface area contributed by atoms with Gasteiger partial charge >= 0.3 is 5.63 Å². The first-order valence-corrected chi connectivity index (χ1v) is 5.96. The molecule has 0 N–H and O–H groups in total. The molecule has 3 rings (SSSR count). The fraction of sp³-hybridized carbons (Fsp3) is 0.286. The van der Waals surface area contributed by atoms with Crippen molar-refractivity contribution >= 4 is 16.8 Å². The predicted molar refractivity (Wildman–Crippen MR) is 65.8 cm³/mol. The van der Waals surface area contributed by atoms with E-state index in [-0.39, 0.29) is 11.9 Å². The third-order valence-corrected chi connectivity index (χ3v) is 3.12. The smallest absolute Gasteiger partial charge is 0.336 e. The van der Waals surface area contributed by atoms with Crippen LogP contribution in [0.15, 0.2) is 39.5 Å². The summed E-state index contributed by atoms with van der Waals surface area (Å²) in [5.41, 5.74) is 0.0852. The highest BCUT2D eigenvalue weighted by Gasteiger charge is 2.26. The van der Waals surface area contributed by atoms with Crippen molar-refractivity contribution in [1.29, 1.82) is 0 Å². The largest absolute Gasteiger partial charge is 0.483 e. The Bertz CT molecular complexity index is 656. The predicted octanol–water partition coefficient (Wildman–Crippen LogP) is 2.29. The molecule has 1 saturated carbocycles. The molecule has 1 fully saturated rings. The molecule has 0 amide bonds. The molecule has 0 spiro atoms. The first-order chi connectivity index (χ1) is 8.72. The van der Waals surface area contributed by atoms with E-state index in [1.807, 2.05) is 6.07 Å². The van der Waals surface area contributed by atoms with Gasteiger partial charge in [0.2, 0.25) is 0 Å². The van der Waals surface area contributed by atoms with Gasteiger partial charge in [-0.05, 0) is 31.0 Å². The number of hydrogen-bond donors (Lipinski definition) is 0. The van der Waals surface area contributed by atoms with Crippen molar-refractivity contribution in [3.05, 3.63) is 40.8 Å². The van der Waals surface area contributed by atoms with Gasteiger partial charge in [-0.25, -0.2) is 4.79 Å². The van der Waals surface area contributed by atoms with Gasteiger partial charge in [-0.15, -0.1) is 0 Å². The van der Waals surface area contributed by atoms with Gasteiger partial charge in [0, 0.05) is 23.9 Å². The van der Waals surface area contributed by atoms with Gasteiger partial charge in [0.05, 0.1) is 0 Å². The first-order valence-electron chi connectivity index (χ1n) is 5.96. The summed E-state index contributed by atoms with van der Waals surface area (Å²) >= 11 is 0. The highest BCUT2D eigenvalue weighted by Crippen LogP contribution is 2.24. The van der Waals surface area contributed by atoms with Crippen molar-refractivity contribution in [1.82, 2.24) is 0 Å². The van der Waals surface area contributed by atoms with Crippen molar-refractivity contribution in [3.63, 3.8) is 0 Å². The van der Waals surface area contributed by atoms with Gasteiger partial charge in [0.1, 0.15) is 11.3 Å². The zero-order valence-electron chi connectivity index (χ0n) is 9.72. The van der Waals surface area contributed by atoms with Gasteiger partial charge < -0.3 is 9.15 Å². The van der Waals surface area contributed by atoms with Crippen molar-refractivity contribution in [2.24, 2.45) is 0 Å². The number of fused-ring (bicyclic) bond motifs is 1. The average Bonchev–Trinajstić information content (AvgIpc) is 2.74. The molecule has 1 heterocycles. The van der Waals surface area contributed by atoms with Crippen LogP contribution in [0.4, 0.5) is 0 Å². The summed E-state index contributed by atoms with van der Waals surface area (Å²) in [6, 6.07) is 8.33. The Morgan fingerprint density at radius 2 is 2.00 bits per heavy atom. The Morgan fingerprint density at radius 1 is 1.17 bits per heavy atom. The molecule has 0 radical (unpaired) electrons. The molecule has 4 heteroatoms. The van der Waals surface area contributed by atoms with E-state index in [1.54, 1.807) is 18.2 Å². The van der Waals surface area contributed by atoms with Crippen LogP contribution in [-0.2, 0) is 4.79 Å². The monoisotopic (exact) mass is 244 g/mol. The standard InChI is InChI=1S/C14H12O4/c15-11-2-1-3-12(11)17-10-6-4-9-5-7-14(16)18-13(9)8-10/h4-8,12H,1-3H2/t12-/m0/s1. The Hall–Kier alpha value is -2.10. The lowest BCUT2D eigenvalue weighted by molar-refractivity contribution is -0.123. The molecule has 1 aliphatic rings. The van der Waals surface area contributed by atoms with E-state index >= 15 is 0 Å². The zero-order valence-corrected chi connectivity index (χ0v) is 9.72. The maximum atomic E-state index is 11.5. The molecule has 1 aliphatic carbocycles. The molecule has 1 atom stereocenters. The molecule has 1 aromatic carbocycles. The molecule has 0 aliphatic heterocycles. The Kier molecular flexibility index (Phi) is 2.63. The number of rotatable bonds is 2. The van der Waals surface area contributed by atoms with Crippen LogP contribution < -0.4 is 10.4 Å². The summed E-state index contributed by atoms with van der Waals surface area (Å²) in [6.45, 7) is 0. The van der Waals surface area contributed by atoms with Crippen LogP contribution >= 0.6 is 0 Å². The van der Waals surface area contributed by atoms with Gasteiger partial charge in [-0.3, -0.25) is 4.79 Å². The number of ether oxygens (including phenoxy) is 1. The van der Waals surface area contributed by atoms with Crippen LogP contribution in [0.25, 0.3) is 11.0 Å². The quantitative estimate of drug-likeness (QED) is 0.760. The molecule has 4 nitrogen and oxygen atoms in total. The number of hydrogen-bond acceptors (Lipinski definition) is 4. The van der Waals surface area contributed by atoms with E-state index in [0.717, 1.165) is 18.2 Å². The third kappa shape index (κ3) is 2.01. The van der Waals surface area contributed by atoms with E-state index in [9.17, 15) is 9.59 Å². The van der Waals surface area contributed by atoms with Crippen LogP contribution in [0, 0.1) is 0 Å². The zero-order chi connectivity index (χ0) is 12.5. The molecule has 0 bridgehead atoms. The fourth-order valence-electron chi connectivity index (χ4n) is 2.19. The fourth-order valence-corrected chi connectivity index (χ4v) is 2.19. The summed E-state index contributed by atoms with van der Waals surface area (Å²) in [7, 11) is 0. The first kappa shape index (κ1) is 11.0. The molecule has 2 aromatic rings. The molecular weight excluding hydrogens is 232 g/mol. The summed E-state index contributed by atoms with van der Waals surface area (Å²) < 4.78 is 10.7. The summed E-state index contributed by atoms with van der Waals surface area (Å²) in [4.78, 5) is 22.6. The Labute approximate surface area is 103 Å². The average molecular weight is 244 g/mol. The highest BCUT2D eigenvalue weighted by atomic mass is 16.5. The maximum Gasteiger partial charge on any atom is 0.336 e. The van der Waals surface area contributed by atoms with E-state index < -0.39 is 5.63 Å². The SMILES string of the molecule is O=C1CCC[C@@H]1Oc1ccc2ccc(=O)oc2c1. The second-order valence-corrected chi connectivity index (χ2v) is 4.42. The number of Topliss-reactive ketones (excluding diaryl/α,β-unsaturated/α-hetero) is 1. The lowest BCUT2D eigenvalue weighted by Crippen LogP contribution is -2.20. The minimum absolute atomic E-state index is 0.143. The number of carbonyl (C=O) groups is 1. The number of carbonyl (C=O) groups excluding carboxylic acids is 1. The maximum absolute atomic E-state index is 11.5. The molecular formula is C14H12O4. The van der Waals surface area contributed by atoms with Gasteiger partial charge in [-0.2, -0.15) is 0 Å². The van der Waals surface area contributed by atoms with Gasteiger partial charge in [0.25, 0.3) is 0 Å².